The number of alkyl halides is 1. The Morgan fingerprint density at radius 3 is 2.50 bits per heavy atom. The van der Waals surface area contributed by atoms with Gasteiger partial charge < -0.3 is 19.4 Å². The van der Waals surface area contributed by atoms with E-state index in [2.05, 4.69) is 24.3 Å². The van der Waals surface area contributed by atoms with Crippen LogP contribution in [0.25, 0.3) is 0 Å². The van der Waals surface area contributed by atoms with Gasteiger partial charge in [0.05, 0.1) is 19.2 Å². The number of carbonyl (C=O) groups is 2. The summed E-state index contributed by atoms with van der Waals surface area (Å²) in [4.78, 5) is 30.3. The summed E-state index contributed by atoms with van der Waals surface area (Å²) in [5.74, 6) is 0.651. The van der Waals surface area contributed by atoms with Gasteiger partial charge >= 0.3 is 6.03 Å². The fourth-order valence-electron chi connectivity index (χ4n) is 4.79. The minimum absolute atomic E-state index is 0.0823. The van der Waals surface area contributed by atoms with Gasteiger partial charge in [-0.25, -0.2) is 9.18 Å². The third kappa shape index (κ3) is 3.26. The van der Waals surface area contributed by atoms with Crippen LogP contribution in [-0.2, 0) is 9.53 Å². The van der Waals surface area contributed by atoms with Gasteiger partial charge in [-0.2, -0.15) is 0 Å². The van der Waals surface area contributed by atoms with Crippen LogP contribution in [0.15, 0.2) is 24.3 Å². The highest BCUT2D eigenvalue weighted by molar-refractivity contribution is 5.81. The van der Waals surface area contributed by atoms with Crippen LogP contribution in [0.2, 0.25) is 0 Å². The van der Waals surface area contributed by atoms with E-state index >= 15 is 0 Å². The fourth-order valence-corrected chi connectivity index (χ4v) is 4.79. The summed E-state index contributed by atoms with van der Waals surface area (Å²) in [5, 5.41) is 0. The topological polar surface area (TPSA) is 53.1 Å². The van der Waals surface area contributed by atoms with Gasteiger partial charge in [0.2, 0.25) is 0 Å². The van der Waals surface area contributed by atoms with Crippen molar-refractivity contribution >= 4 is 17.5 Å². The number of anilines is 1. The van der Waals surface area contributed by atoms with E-state index in [0.717, 1.165) is 25.2 Å². The first-order valence-electron chi connectivity index (χ1n) is 10.2. The second-order valence-electron chi connectivity index (χ2n) is 8.57. The molecule has 0 unspecified atom stereocenters. The molecule has 1 aromatic carbocycles. The van der Waals surface area contributed by atoms with Crippen LogP contribution < -0.4 is 4.90 Å². The number of rotatable bonds is 2. The molecule has 2 amide bonds. The molecule has 0 aliphatic carbocycles. The standard InChI is InChI=1S/C21H26FN3O3/c22-17-11-24(12-17)18-3-1-14(2-4-18)16-9-25(10-16)21(27)23-6-5-20-15(8-23)7-19(26)13-28-20/h1-4,15-17,20H,5-13H2/t15-,20+/m1/s1. The number of amides is 2. The van der Waals surface area contributed by atoms with Crippen molar-refractivity contribution in [2.24, 2.45) is 5.92 Å². The SMILES string of the molecule is O=C1CO[C@H]2CCN(C(=O)N3CC(c4ccc(N5CC(F)C5)cc4)C3)C[C@H]2C1. The van der Waals surface area contributed by atoms with Crippen LogP contribution in [0.1, 0.15) is 24.3 Å². The molecule has 28 heavy (non-hydrogen) atoms. The number of ether oxygens (including phenoxy) is 1. The van der Waals surface area contributed by atoms with E-state index < -0.39 is 6.17 Å². The number of fused-ring (bicyclic) bond motifs is 1. The Hall–Kier alpha value is -2.15. The smallest absolute Gasteiger partial charge is 0.320 e. The number of benzene rings is 1. The van der Waals surface area contributed by atoms with Crippen molar-refractivity contribution < 1.29 is 18.7 Å². The summed E-state index contributed by atoms with van der Waals surface area (Å²) in [7, 11) is 0. The largest absolute Gasteiger partial charge is 0.370 e. The summed E-state index contributed by atoms with van der Waals surface area (Å²) in [6.45, 7) is 3.99. The van der Waals surface area contributed by atoms with E-state index in [1.54, 1.807) is 0 Å². The number of halogens is 1. The first kappa shape index (κ1) is 17.9. The van der Waals surface area contributed by atoms with Crippen molar-refractivity contribution in [3.05, 3.63) is 29.8 Å². The molecule has 2 atom stereocenters. The van der Waals surface area contributed by atoms with Crippen LogP contribution in [0, 0.1) is 5.92 Å². The van der Waals surface area contributed by atoms with Gasteiger partial charge in [0.1, 0.15) is 12.8 Å². The maximum absolute atomic E-state index is 13.0. The number of hydrogen-bond acceptors (Lipinski definition) is 4. The molecular formula is C21H26FN3O3. The lowest BCUT2D eigenvalue weighted by Gasteiger charge is -2.46. The van der Waals surface area contributed by atoms with Crippen molar-refractivity contribution in [3.8, 4) is 0 Å². The van der Waals surface area contributed by atoms with Gasteiger partial charge in [-0.1, -0.05) is 12.1 Å². The van der Waals surface area contributed by atoms with E-state index in [1.807, 2.05) is 14.7 Å². The van der Waals surface area contributed by atoms with Crippen LogP contribution >= 0.6 is 0 Å². The second-order valence-corrected chi connectivity index (χ2v) is 8.57. The molecular weight excluding hydrogens is 361 g/mol. The molecule has 4 aliphatic heterocycles. The predicted molar refractivity (Wildman–Crippen MR) is 102 cm³/mol. The number of carbonyl (C=O) groups excluding carboxylic acids is 2. The Labute approximate surface area is 164 Å². The average molecular weight is 387 g/mol. The molecule has 0 spiro atoms. The molecule has 0 radical (unpaired) electrons. The molecule has 150 valence electrons. The van der Waals surface area contributed by atoms with E-state index in [0.29, 0.717) is 38.5 Å². The molecule has 6 nitrogen and oxygen atoms in total. The van der Waals surface area contributed by atoms with Gasteiger partial charge in [-0.15, -0.1) is 0 Å². The highest BCUT2D eigenvalue weighted by Gasteiger charge is 2.40. The molecule has 1 aromatic rings. The highest BCUT2D eigenvalue weighted by atomic mass is 19.1. The monoisotopic (exact) mass is 387 g/mol. The molecule has 4 saturated heterocycles. The third-order valence-corrected chi connectivity index (χ3v) is 6.60. The van der Waals surface area contributed by atoms with E-state index in [1.165, 1.54) is 5.56 Å². The number of Topliss-reactive ketones (excluding diaryl/α,β-unsaturated/α-hetero) is 1. The first-order valence-corrected chi connectivity index (χ1v) is 10.2. The molecule has 7 heteroatoms. The van der Waals surface area contributed by atoms with Crippen molar-refractivity contribution in [3.63, 3.8) is 0 Å². The number of nitrogens with zero attached hydrogens (tertiary/aromatic N) is 3. The summed E-state index contributed by atoms with van der Waals surface area (Å²) in [6.07, 6.45) is 0.778. The zero-order valence-corrected chi connectivity index (χ0v) is 15.9. The van der Waals surface area contributed by atoms with Crippen molar-refractivity contribution in [2.45, 2.75) is 31.0 Å². The quantitative estimate of drug-likeness (QED) is 0.779. The lowest BCUT2D eigenvalue weighted by atomic mass is 9.87. The summed E-state index contributed by atoms with van der Waals surface area (Å²) in [5.41, 5.74) is 2.30. The lowest BCUT2D eigenvalue weighted by Crippen LogP contribution is -2.58. The Balaban J connectivity index is 1.13. The van der Waals surface area contributed by atoms with Gasteiger partial charge in [0.25, 0.3) is 0 Å². The maximum Gasteiger partial charge on any atom is 0.320 e. The molecule has 0 aromatic heterocycles. The van der Waals surface area contributed by atoms with Crippen molar-refractivity contribution in [1.82, 2.24) is 9.80 Å². The van der Waals surface area contributed by atoms with Crippen LogP contribution in [0.3, 0.4) is 0 Å². The first-order chi connectivity index (χ1) is 13.6. The number of likely N-dealkylation sites (tertiary alicyclic amines) is 2. The van der Waals surface area contributed by atoms with Gasteiger partial charge in [-0.05, 0) is 24.1 Å². The molecule has 4 aliphatic rings. The van der Waals surface area contributed by atoms with E-state index in [9.17, 15) is 14.0 Å². The normalized spacial score (nSPS) is 28.6. The van der Waals surface area contributed by atoms with Crippen LogP contribution in [0.4, 0.5) is 14.9 Å². The summed E-state index contributed by atoms with van der Waals surface area (Å²) >= 11 is 0. The predicted octanol–water partition coefficient (Wildman–Crippen LogP) is 2.04. The van der Waals surface area contributed by atoms with Gasteiger partial charge in [-0.3, -0.25) is 4.79 Å². The fraction of sp³-hybridized carbons (Fsp3) is 0.619. The number of hydrogen-bond donors (Lipinski definition) is 0. The second kappa shape index (κ2) is 7.03. The lowest BCUT2D eigenvalue weighted by molar-refractivity contribution is -0.140. The molecule has 0 bridgehead atoms. The Kier molecular flexibility index (Phi) is 4.50. The third-order valence-electron chi connectivity index (χ3n) is 6.60. The molecule has 5 rings (SSSR count). The minimum atomic E-state index is -0.700. The van der Waals surface area contributed by atoms with Crippen molar-refractivity contribution in [1.29, 1.82) is 0 Å². The molecule has 4 heterocycles. The molecule has 0 saturated carbocycles. The van der Waals surface area contributed by atoms with Gasteiger partial charge in [0.15, 0.2) is 5.78 Å². The zero-order valence-electron chi connectivity index (χ0n) is 15.9. The van der Waals surface area contributed by atoms with Crippen LogP contribution in [-0.4, -0.2) is 79.8 Å². The number of ketones is 1. The molecule has 4 fully saturated rings. The molecule has 0 N–H and O–H groups in total. The maximum atomic E-state index is 13.0. The van der Waals surface area contributed by atoms with Gasteiger partial charge in [0, 0.05) is 50.1 Å². The number of piperidine rings is 1. The Bertz CT molecular complexity index is 759. The zero-order chi connectivity index (χ0) is 19.3. The summed E-state index contributed by atoms with van der Waals surface area (Å²) < 4.78 is 18.6. The minimum Gasteiger partial charge on any atom is -0.370 e. The Morgan fingerprint density at radius 1 is 1.04 bits per heavy atom. The number of urea groups is 1. The van der Waals surface area contributed by atoms with E-state index in [-0.39, 0.29) is 30.4 Å². The highest BCUT2D eigenvalue weighted by Crippen LogP contribution is 2.32. The van der Waals surface area contributed by atoms with E-state index in [4.69, 9.17) is 4.74 Å². The average Bonchev–Trinajstić information content (AvgIpc) is 2.64. The van der Waals surface area contributed by atoms with Crippen molar-refractivity contribution in [2.75, 3.05) is 50.8 Å². The van der Waals surface area contributed by atoms with Crippen LogP contribution in [0.5, 0.6) is 0 Å². The Morgan fingerprint density at radius 2 is 1.79 bits per heavy atom. The summed E-state index contributed by atoms with van der Waals surface area (Å²) in [6, 6.07) is 8.39.